The van der Waals surface area contributed by atoms with Crippen LogP contribution in [0.4, 0.5) is 8.78 Å². The van der Waals surface area contributed by atoms with E-state index in [4.69, 9.17) is 5.73 Å². The molecule has 0 unspecified atom stereocenters. The predicted octanol–water partition coefficient (Wildman–Crippen LogP) is 2.15. The first-order valence-electron chi connectivity index (χ1n) is 5.48. The molecular weight excluding hydrogens is 280 g/mol. The van der Waals surface area contributed by atoms with Crippen molar-refractivity contribution in [3.05, 3.63) is 29.8 Å². The number of ether oxygens (including phenoxy) is 1. The molecule has 1 aromatic carbocycles. The van der Waals surface area contributed by atoms with Crippen LogP contribution in [0.5, 0.6) is 5.75 Å². The highest BCUT2D eigenvalue weighted by atomic mass is 35.5. The summed E-state index contributed by atoms with van der Waals surface area (Å²) in [5, 5.41) is 9.28. The maximum Gasteiger partial charge on any atom is 0.387 e. The summed E-state index contributed by atoms with van der Waals surface area (Å²) in [7, 11) is 0. The summed E-state index contributed by atoms with van der Waals surface area (Å²) in [6.07, 6.45) is 0.612. The average Bonchev–Trinajstić information content (AvgIpc) is 2.23. The van der Waals surface area contributed by atoms with Crippen molar-refractivity contribution in [2.24, 2.45) is 5.73 Å². The highest BCUT2D eigenvalue weighted by molar-refractivity contribution is 5.85. The largest absolute Gasteiger partial charge is 0.481 e. The van der Waals surface area contributed by atoms with Gasteiger partial charge >= 0.3 is 12.6 Å². The predicted molar refractivity (Wildman–Crippen MR) is 66.8 cm³/mol. The zero-order valence-corrected chi connectivity index (χ0v) is 10.7. The van der Waals surface area contributed by atoms with E-state index in [0.717, 1.165) is 0 Å². The number of hydrogen-bond donors (Lipinski definition) is 2. The van der Waals surface area contributed by atoms with Crippen molar-refractivity contribution >= 4 is 18.4 Å². The minimum absolute atomic E-state index is 0. The fourth-order valence-electron chi connectivity index (χ4n) is 2.34. The zero-order chi connectivity index (χ0) is 13.3. The summed E-state index contributed by atoms with van der Waals surface area (Å²) >= 11 is 0. The molecule has 3 N–H and O–H groups in total. The van der Waals surface area contributed by atoms with Crippen LogP contribution in [-0.2, 0) is 10.2 Å². The lowest BCUT2D eigenvalue weighted by Crippen LogP contribution is -2.54. The van der Waals surface area contributed by atoms with Gasteiger partial charge in [-0.15, -0.1) is 12.4 Å². The monoisotopic (exact) mass is 293 g/mol. The summed E-state index contributed by atoms with van der Waals surface area (Å²) in [5.41, 5.74) is 5.02. The summed E-state index contributed by atoms with van der Waals surface area (Å²) in [6, 6.07) is 5.64. The van der Waals surface area contributed by atoms with E-state index in [2.05, 4.69) is 4.74 Å². The molecular formula is C12H14ClF2NO3. The summed E-state index contributed by atoms with van der Waals surface area (Å²) in [6.45, 7) is -2.93. The van der Waals surface area contributed by atoms with Gasteiger partial charge in [0.1, 0.15) is 5.75 Å². The van der Waals surface area contributed by atoms with Crippen molar-refractivity contribution in [2.45, 2.75) is 30.9 Å². The number of carbonyl (C=O) groups is 1. The molecule has 0 saturated heterocycles. The molecule has 0 amide bonds. The Morgan fingerprint density at radius 2 is 2.11 bits per heavy atom. The number of carboxylic acids is 1. The lowest BCUT2D eigenvalue weighted by Gasteiger charge is -2.43. The Morgan fingerprint density at radius 1 is 1.47 bits per heavy atom. The smallest absolute Gasteiger partial charge is 0.387 e. The van der Waals surface area contributed by atoms with Crippen LogP contribution >= 0.6 is 12.4 Å². The second kappa shape index (κ2) is 5.71. The minimum Gasteiger partial charge on any atom is -0.481 e. The molecule has 0 atom stereocenters. The van der Waals surface area contributed by atoms with E-state index in [-0.39, 0.29) is 24.2 Å². The highest BCUT2D eigenvalue weighted by Gasteiger charge is 2.50. The van der Waals surface area contributed by atoms with Gasteiger partial charge in [0.15, 0.2) is 0 Å². The number of nitrogens with two attached hydrogens (primary N) is 1. The molecule has 7 heteroatoms. The van der Waals surface area contributed by atoms with Gasteiger partial charge < -0.3 is 15.6 Å². The van der Waals surface area contributed by atoms with E-state index in [9.17, 15) is 18.7 Å². The summed E-state index contributed by atoms with van der Waals surface area (Å²) in [5.74, 6) is -1.03. The first-order chi connectivity index (χ1) is 8.44. The van der Waals surface area contributed by atoms with Crippen molar-refractivity contribution in [1.29, 1.82) is 0 Å². The Kier molecular flexibility index (Phi) is 4.70. The van der Waals surface area contributed by atoms with Crippen molar-refractivity contribution in [2.75, 3.05) is 0 Å². The van der Waals surface area contributed by atoms with Gasteiger partial charge in [0, 0.05) is 6.04 Å². The molecule has 4 nitrogen and oxygen atoms in total. The summed E-state index contributed by atoms with van der Waals surface area (Å²) < 4.78 is 28.5. The molecule has 1 aromatic rings. The normalized spacial score (nSPS) is 25.4. The highest BCUT2D eigenvalue weighted by Crippen LogP contribution is 2.44. The molecule has 1 fully saturated rings. The van der Waals surface area contributed by atoms with E-state index in [1.165, 1.54) is 18.2 Å². The fourth-order valence-corrected chi connectivity index (χ4v) is 2.34. The minimum atomic E-state index is -2.93. The maximum absolute atomic E-state index is 12.1. The third-order valence-electron chi connectivity index (χ3n) is 3.24. The Morgan fingerprint density at radius 3 is 2.58 bits per heavy atom. The van der Waals surface area contributed by atoms with Gasteiger partial charge in [0.05, 0.1) is 5.41 Å². The number of rotatable bonds is 4. The molecule has 0 aliphatic heterocycles. The first kappa shape index (κ1) is 15.7. The Hall–Kier alpha value is -1.40. The van der Waals surface area contributed by atoms with E-state index >= 15 is 0 Å². The first-order valence-corrected chi connectivity index (χ1v) is 5.48. The van der Waals surface area contributed by atoms with E-state index in [1.807, 2.05) is 0 Å². The van der Waals surface area contributed by atoms with Gasteiger partial charge in [-0.25, -0.2) is 0 Å². The van der Waals surface area contributed by atoms with E-state index < -0.39 is 18.0 Å². The fraction of sp³-hybridized carbons (Fsp3) is 0.417. The third kappa shape index (κ3) is 2.96. The van der Waals surface area contributed by atoms with Gasteiger partial charge in [-0.2, -0.15) is 8.78 Å². The number of carboxylic acid groups (broad SMARTS) is 1. The molecule has 0 radical (unpaired) electrons. The quantitative estimate of drug-likeness (QED) is 0.892. The van der Waals surface area contributed by atoms with Crippen molar-refractivity contribution in [3.63, 3.8) is 0 Å². The van der Waals surface area contributed by atoms with Gasteiger partial charge in [0.25, 0.3) is 0 Å². The number of aliphatic carboxylic acids is 1. The Labute approximate surface area is 115 Å². The van der Waals surface area contributed by atoms with Crippen LogP contribution < -0.4 is 10.5 Å². The molecule has 1 saturated carbocycles. The van der Waals surface area contributed by atoms with Crippen LogP contribution in [0.1, 0.15) is 18.4 Å². The Bertz CT molecular complexity index is 464. The molecule has 0 bridgehead atoms. The van der Waals surface area contributed by atoms with Crippen molar-refractivity contribution < 1.29 is 23.4 Å². The second-order valence-corrected chi connectivity index (χ2v) is 4.46. The van der Waals surface area contributed by atoms with E-state index in [1.54, 1.807) is 6.07 Å². The van der Waals surface area contributed by atoms with Crippen LogP contribution in [-0.4, -0.2) is 23.7 Å². The van der Waals surface area contributed by atoms with Gasteiger partial charge in [-0.05, 0) is 30.5 Å². The van der Waals surface area contributed by atoms with Crippen molar-refractivity contribution in [3.8, 4) is 5.75 Å². The Balaban J connectivity index is 0.00000180. The number of alkyl halides is 2. The van der Waals surface area contributed by atoms with Crippen LogP contribution in [0.3, 0.4) is 0 Å². The van der Waals surface area contributed by atoms with Crippen molar-refractivity contribution in [1.82, 2.24) is 0 Å². The maximum atomic E-state index is 12.1. The lowest BCUT2D eigenvalue weighted by molar-refractivity contribution is -0.148. The number of benzene rings is 1. The van der Waals surface area contributed by atoms with Gasteiger partial charge in [-0.3, -0.25) is 4.79 Å². The molecule has 19 heavy (non-hydrogen) atoms. The third-order valence-corrected chi connectivity index (χ3v) is 3.24. The molecule has 106 valence electrons. The zero-order valence-electron chi connectivity index (χ0n) is 9.88. The average molecular weight is 294 g/mol. The molecule has 1 aliphatic rings. The standard InChI is InChI=1S/C12H13F2NO3.ClH/c13-11(14)18-9-3-1-2-7(4-9)12(10(16)17)5-8(15)6-12;/h1-4,8,11H,5-6,15H2,(H,16,17);1H. The van der Waals surface area contributed by atoms with Gasteiger partial charge in [-0.1, -0.05) is 12.1 Å². The molecule has 0 aromatic heterocycles. The molecule has 0 spiro atoms. The number of halogens is 3. The van der Waals surface area contributed by atoms with Gasteiger partial charge in [0.2, 0.25) is 0 Å². The lowest BCUT2D eigenvalue weighted by atomic mass is 9.62. The summed E-state index contributed by atoms with van der Waals surface area (Å²) in [4.78, 5) is 11.3. The molecule has 1 aliphatic carbocycles. The van der Waals surface area contributed by atoms with Crippen LogP contribution in [0.15, 0.2) is 24.3 Å². The number of hydrogen-bond acceptors (Lipinski definition) is 3. The molecule has 0 heterocycles. The SMILES string of the molecule is Cl.NC1CC(C(=O)O)(c2cccc(OC(F)F)c2)C1. The topological polar surface area (TPSA) is 72.6 Å². The van der Waals surface area contributed by atoms with Crippen LogP contribution in [0, 0.1) is 0 Å². The van der Waals surface area contributed by atoms with Crippen LogP contribution in [0.25, 0.3) is 0 Å². The van der Waals surface area contributed by atoms with Crippen LogP contribution in [0.2, 0.25) is 0 Å². The van der Waals surface area contributed by atoms with E-state index in [0.29, 0.717) is 18.4 Å². The second-order valence-electron chi connectivity index (χ2n) is 4.46. The molecule has 2 rings (SSSR count).